The molecule has 1 aromatic carbocycles. The van der Waals surface area contributed by atoms with Gasteiger partial charge in [-0.05, 0) is 36.0 Å². The monoisotopic (exact) mass is 281 g/mol. The number of rotatable bonds is 5. The van der Waals surface area contributed by atoms with Crippen molar-refractivity contribution in [3.05, 3.63) is 28.8 Å². The van der Waals surface area contributed by atoms with Gasteiger partial charge in [0.25, 0.3) is 0 Å². The SMILES string of the molecule is COc1ccc(CNCC2(C)CCCCC2)cc1Cl. The third-order valence-corrected chi connectivity index (χ3v) is 4.45. The van der Waals surface area contributed by atoms with Gasteiger partial charge in [-0.2, -0.15) is 0 Å². The Hall–Kier alpha value is -0.730. The minimum Gasteiger partial charge on any atom is -0.495 e. The molecular formula is C16H24ClNO. The van der Waals surface area contributed by atoms with Crippen LogP contribution in [0.3, 0.4) is 0 Å². The van der Waals surface area contributed by atoms with Crippen LogP contribution < -0.4 is 10.1 Å². The molecule has 2 rings (SSSR count). The van der Waals surface area contributed by atoms with Crippen molar-refractivity contribution in [2.75, 3.05) is 13.7 Å². The minimum absolute atomic E-state index is 0.481. The first-order valence-electron chi connectivity index (χ1n) is 7.16. The smallest absolute Gasteiger partial charge is 0.137 e. The van der Waals surface area contributed by atoms with Crippen molar-refractivity contribution in [1.29, 1.82) is 0 Å². The predicted molar refractivity (Wildman–Crippen MR) is 80.9 cm³/mol. The van der Waals surface area contributed by atoms with Gasteiger partial charge in [-0.1, -0.05) is 43.9 Å². The summed E-state index contributed by atoms with van der Waals surface area (Å²) in [7, 11) is 1.64. The summed E-state index contributed by atoms with van der Waals surface area (Å²) in [4.78, 5) is 0. The Balaban J connectivity index is 1.83. The zero-order valence-electron chi connectivity index (χ0n) is 12.0. The van der Waals surface area contributed by atoms with Crippen LogP contribution in [0, 0.1) is 5.41 Å². The van der Waals surface area contributed by atoms with E-state index in [1.54, 1.807) is 7.11 Å². The molecule has 1 fully saturated rings. The van der Waals surface area contributed by atoms with Crippen molar-refractivity contribution >= 4 is 11.6 Å². The summed E-state index contributed by atoms with van der Waals surface area (Å²) in [5.41, 5.74) is 1.69. The second kappa shape index (κ2) is 6.62. The van der Waals surface area contributed by atoms with Crippen molar-refractivity contribution in [3.63, 3.8) is 0 Å². The third kappa shape index (κ3) is 4.12. The lowest BCUT2D eigenvalue weighted by molar-refractivity contribution is 0.207. The molecule has 0 bridgehead atoms. The predicted octanol–water partition coefficient (Wildman–Crippen LogP) is 4.41. The zero-order valence-corrected chi connectivity index (χ0v) is 12.7. The van der Waals surface area contributed by atoms with E-state index in [2.05, 4.69) is 18.3 Å². The number of ether oxygens (including phenoxy) is 1. The van der Waals surface area contributed by atoms with E-state index in [1.807, 2.05) is 12.1 Å². The first-order valence-corrected chi connectivity index (χ1v) is 7.54. The standard InChI is InChI=1S/C16H24ClNO/c1-16(8-4-3-5-9-16)12-18-11-13-6-7-15(19-2)14(17)10-13/h6-7,10,18H,3-5,8-9,11-12H2,1-2H3. The molecule has 0 aromatic heterocycles. The van der Waals surface area contributed by atoms with Gasteiger partial charge in [0.1, 0.15) is 5.75 Å². The average molecular weight is 282 g/mol. The van der Waals surface area contributed by atoms with Gasteiger partial charge in [-0.25, -0.2) is 0 Å². The van der Waals surface area contributed by atoms with E-state index in [-0.39, 0.29) is 0 Å². The Bertz CT molecular complexity index is 413. The van der Waals surface area contributed by atoms with Gasteiger partial charge in [0, 0.05) is 13.1 Å². The Kier molecular flexibility index (Phi) is 5.12. The van der Waals surface area contributed by atoms with Crippen LogP contribution in [-0.4, -0.2) is 13.7 Å². The first kappa shape index (κ1) is 14.7. The Morgan fingerprint density at radius 3 is 2.63 bits per heavy atom. The van der Waals surface area contributed by atoms with E-state index in [1.165, 1.54) is 37.7 Å². The van der Waals surface area contributed by atoms with Gasteiger partial charge in [0.05, 0.1) is 12.1 Å². The topological polar surface area (TPSA) is 21.3 Å². The Morgan fingerprint density at radius 1 is 1.26 bits per heavy atom. The summed E-state index contributed by atoms with van der Waals surface area (Å²) in [6, 6.07) is 5.99. The maximum absolute atomic E-state index is 6.13. The summed E-state index contributed by atoms with van der Waals surface area (Å²) < 4.78 is 5.16. The maximum atomic E-state index is 6.13. The first-order chi connectivity index (χ1) is 9.13. The molecule has 0 aliphatic heterocycles. The summed E-state index contributed by atoms with van der Waals surface area (Å²) in [5, 5.41) is 4.26. The fraction of sp³-hybridized carbons (Fsp3) is 0.625. The van der Waals surface area contributed by atoms with Gasteiger partial charge in [-0.15, -0.1) is 0 Å². The van der Waals surface area contributed by atoms with Gasteiger partial charge >= 0.3 is 0 Å². The highest BCUT2D eigenvalue weighted by Gasteiger charge is 2.25. The van der Waals surface area contributed by atoms with E-state index in [4.69, 9.17) is 16.3 Å². The third-order valence-electron chi connectivity index (χ3n) is 4.16. The molecule has 0 unspecified atom stereocenters. The number of benzene rings is 1. The van der Waals surface area contributed by atoms with E-state index >= 15 is 0 Å². The summed E-state index contributed by atoms with van der Waals surface area (Å²) >= 11 is 6.13. The lowest BCUT2D eigenvalue weighted by atomic mass is 9.76. The van der Waals surface area contributed by atoms with E-state index < -0.39 is 0 Å². The van der Waals surface area contributed by atoms with Crippen LogP contribution in [0.15, 0.2) is 18.2 Å². The van der Waals surface area contributed by atoms with Crippen LogP contribution in [-0.2, 0) is 6.54 Å². The van der Waals surface area contributed by atoms with E-state index in [0.717, 1.165) is 18.8 Å². The second-order valence-electron chi connectivity index (χ2n) is 5.94. The highest BCUT2D eigenvalue weighted by atomic mass is 35.5. The second-order valence-corrected chi connectivity index (χ2v) is 6.35. The molecule has 1 saturated carbocycles. The Morgan fingerprint density at radius 2 is 2.00 bits per heavy atom. The number of methoxy groups -OCH3 is 1. The van der Waals surface area contributed by atoms with Crippen molar-refractivity contribution in [2.45, 2.75) is 45.6 Å². The normalized spacial score (nSPS) is 18.3. The quantitative estimate of drug-likeness (QED) is 0.863. The van der Waals surface area contributed by atoms with Crippen LogP contribution in [0.4, 0.5) is 0 Å². The van der Waals surface area contributed by atoms with Gasteiger partial charge < -0.3 is 10.1 Å². The lowest BCUT2D eigenvalue weighted by Crippen LogP contribution is -2.33. The highest BCUT2D eigenvalue weighted by Crippen LogP contribution is 2.35. The zero-order chi connectivity index (χ0) is 13.7. The Labute approximate surface area is 121 Å². The van der Waals surface area contributed by atoms with Gasteiger partial charge in [0.2, 0.25) is 0 Å². The van der Waals surface area contributed by atoms with Crippen LogP contribution in [0.25, 0.3) is 0 Å². The average Bonchev–Trinajstić information content (AvgIpc) is 2.39. The molecule has 1 aliphatic carbocycles. The molecule has 19 heavy (non-hydrogen) atoms. The van der Waals surface area contributed by atoms with Gasteiger partial charge in [-0.3, -0.25) is 0 Å². The van der Waals surface area contributed by atoms with Crippen molar-refractivity contribution in [1.82, 2.24) is 5.32 Å². The van der Waals surface area contributed by atoms with Crippen molar-refractivity contribution in [2.24, 2.45) is 5.41 Å². The molecule has 1 aliphatic rings. The molecular weight excluding hydrogens is 258 g/mol. The molecule has 0 heterocycles. The summed E-state index contributed by atoms with van der Waals surface area (Å²) in [5.74, 6) is 0.740. The number of halogens is 1. The minimum atomic E-state index is 0.481. The van der Waals surface area contributed by atoms with E-state index in [9.17, 15) is 0 Å². The largest absolute Gasteiger partial charge is 0.495 e. The van der Waals surface area contributed by atoms with Crippen LogP contribution in [0.5, 0.6) is 5.75 Å². The van der Waals surface area contributed by atoms with Gasteiger partial charge in [0.15, 0.2) is 0 Å². The molecule has 0 amide bonds. The summed E-state index contributed by atoms with van der Waals surface area (Å²) in [6.45, 7) is 4.37. The fourth-order valence-electron chi connectivity index (χ4n) is 2.91. The van der Waals surface area contributed by atoms with E-state index in [0.29, 0.717) is 10.4 Å². The molecule has 3 heteroatoms. The van der Waals surface area contributed by atoms with Crippen LogP contribution in [0.2, 0.25) is 5.02 Å². The molecule has 0 saturated heterocycles. The number of hydrogen-bond donors (Lipinski definition) is 1. The summed E-state index contributed by atoms with van der Waals surface area (Å²) in [6.07, 6.45) is 6.87. The molecule has 0 atom stereocenters. The molecule has 0 radical (unpaired) electrons. The highest BCUT2D eigenvalue weighted by molar-refractivity contribution is 6.32. The molecule has 1 N–H and O–H groups in total. The van der Waals surface area contributed by atoms with Crippen molar-refractivity contribution < 1.29 is 4.74 Å². The van der Waals surface area contributed by atoms with Crippen LogP contribution in [0.1, 0.15) is 44.6 Å². The maximum Gasteiger partial charge on any atom is 0.137 e. The van der Waals surface area contributed by atoms with Crippen LogP contribution >= 0.6 is 11.6 Å². The molecule has 2 nitrogen and oxygen atoms in total. The van der Waals surface area contributed by atoms with Crippen molar-refractivity contribution in [3.8, 4) is 5.75 Å². The molecule has 0 spiro atoms. The fourth-order valence-corrected chi connectivity index (χ4v) is 3.19. The number of nitrogens with one attached hydrogen (secondary N) is 1. The molecule has 106 valence electrons. The molecule has 1 aromatic rings. The number of hydrogen-bond acceptors (Lipinski definition) is 2. The lowest BCUT2D eigenvalue weighted by Gasteiger charge is -2.33.